The van der Waals surface area contributed by atoms with Crippen molar-refractivity contribution in [2.45, 2.75) is 32.6 Å². The Balaban J connectivity index is 2.43. The first kappa shape index (κ1) is 12.5. The summed E-state index contributed by atoms with van der Waals surface area (Å²) in [5, 5.41) is 11.1. The minimum absolute atomic E-state index is 0.0221. The third kappa shape index (κ3) is 2.49. The van der Waals surface area contributed by atoms with Gasteiger partial charge >= 0.3 is 5.69 Å². The summed E-state index contributed by atoms with van der Waals surface area (Å²) in [7, 11) is 0. The molecular formula is C11H17N5O2. The van der Waals surface area contributed by atoms with E-state index in [0.29, 0.717) is 11.5 Å². The number of aryl methyl sites for hydroxylation is 1. The number of anilines is 2. The van der Waals surface area contributed by atoms with Gasteiger partial charge in [0.1, 0.15) is 5.69 Å². The fourth-order valence-electron chi connectivity index (χ4n) is 2.29. The lowest BCUT2D eigenvalue weighted by Gasteiger charge is -2.21. The molecule has 1 aliphatic rings. The van der Waals surface area contributed by atoms with E-state index in [-0.39, 0.29) is 11.6 Å². The van der Waals surface area contributed by atoms with Crippen molar-refractivity contribution >= 4 is 17.5 Å². The molecule has 7 nitrogen and oxygen atoms in total. The van der Waals surface area contributed by atoms with E-state index in [1.165, 1.54) is 0 Å². The van der Waals surface area contributed by atoms with Crippen LogP contribution in [0.2, 0.25) is 0 Å². The third-order valence-electron chi connectivity index (χ3n) is 3.15. The molecule has 0 aromatic carbocycles. The molecule has 0 spiro atoms. The van der Waals surface area contributed by atoms with Crippen LogP contribution in [0, 0.1) is 17.0 Å². The number of nitro groups is 1. The Labute approximate surface area is 105 Å². The topological polar surface area (TPSA) is 98.2 Å². The quantitative estimate of drug-likeness (QED) is 0.634. The van der Waals surface area contributed by atoms with Gasteiger partial charge in [0.15, 0.2) is 0 Å². The lowest BCUT2D eigenvalue weighted by molar-refractivity contribution is -0.385. The summed E-state index contributed by atoms with van der Waals surface area (Å²) in [6, 6.07) is 0. The summed E-state index contributed by atoms with van der Waals surface area (Å²) in [5.74, 6) is 0.462. The molecule has 0 amide bonds. The second kappa shape index (κ2) is 5.16. The molecule has 2 N–H and O–H groups in total. The Kier molecular flexibility index (Phi) is 3.59. The van der Waals surface area contributed by atoms with Gasteiger partial charge in [0.05, 0.1) is 4.92 Å². The fourth-order valence-corrected chi connectivity index (χ4v) is 2.29. The van der Waals surface area contributed by atoms with Crippen molar-refractivity contribution in [1.29, 1.82) is 0 Å². The van der Waals surface area contributed by atoms with E-state index >= 15 is 0 Å². The van der Waals surface area contributed by atoms with Gasteiger partial charge in [-0.05, 0) is 19.8 Å². The van der Waals surface area contributed by atoms with Crippen LogP contribution in [-0.4, -0.2) is 28.0 Å². The Hall–Kier alpha value is -1.92. The molecule has 1 fully saturated rings. The number of hydrogen-bond donors (Lipinski definition) is 1. The molecule has 0 atom stereocenters. The number of aromatic nitrogens is 2. The van der Waals surface area contributed by atoms with Crippen molar-refractivity contribution in [3.05, 3.63) is 15.8 Å². The van der Waals surface area contributed by atoms with Gasteiger partial charge < -0.3 is 10.6 Å². The zero-order valence-electron chi connectivity index (χ0n) is 10.4. The first-order valence-corrected chi connectivity index (χ1v) is 6.13. The average Bonchev–Trinajstić information content (AvgIpc) is 2.55. The molecule has 98 valence electrons. The van der Waals surface area contributed by atoms with Crippen molar-refractivity contribution in [3.63, 3.8) is 0 Å². The van der Waals surface area contributed by atoms with E-state index in [0.717, 1.165) is 38.8 Å². The molecule has 0 aliphatic carbocycles. The SMILES string of the molecule is Cc1nc(N)nc(N2CCCCCC2)c1[N+](=O)[O-]. The van der Waals surface area contributed by atoms with Crippen LogP contribution in [0.15, 0.2) is 0 Å². The molecule has 2 rings (SSSR count). The summed E-state index contributed by atoms with van der Waals surface area (Å²) >= 11 is 0. The average molecular weight is 251 g/mol. The number of nitrogens with zero attached hydrogens (tertiary/aromatic N) is 4. The predicted octanol–water partition coefficient (Wildman–Crippen LogP) is 1.66. The zero-order chi connectivity index (χ0) is 13.1. The molecule has 0 unspecified atom stereocenters. The highest BCUT2D eigenvalue weighted by Crippen LogP contribution is 2.30. The molecule has 7 heteroatoms. The van der Waals surface area contributed by atoms with Crippen molar-refractivity contribution in [3.8, 4) is 0 Å². The number of rotatable bonds is 2. The molecule has 18 heavy (non-hydrogen) atoms. The van der Waals surface area contributed by atoms with E-state index in [1.54, 1.807) is 6.92 Å². The number of nitrogens with two attached hydrogens (primary N) is 1. The fraction of sp³-hybridized carbons (Fsp3) is 0.636. The van der Waals surface area contributed by atoms with Crippen molar-refractivity contribution in [1.82, 2.24) is 9.97 Å². The minimum atomic E-state index is -0.422. The van der Waals surface area contributed by atoms with Crippen molar-refractivity contribution in [2.75, 3.05) is 23.7 Å². The maximum Gasteiger partial charge on any atom is 0.332 e. The van der Waals surface area contributed by atoms with E-state index in [1.807, 2.05) is 4.90 Å². The summed E-state index contributed by atoms with van der Waals surface area (Å²) in [6.45, 7) is 3.17. The van der Waals surface area contributed by atoms with Gasteiger partial charge in [0.2, 0.25) is 11.8 Å². The highest BCUT2D eigenvalue weighted by molar-refractivity contribution is 5.62. The molecule has 1 aliphatic heterocycles. The lowest BCUT2D eigenvalue weighted by atomic mass is 10.2. The van der Waals surface area contributed by atoms with Crippen LogP contribution in [0.5, 0.6) is 0 Å². The molecule has 2 heterocycles. The number of nitrogen functional groups attached to an aromatic ring is 1. The number of hydrogen-bond acceptors (Lipinski definition) is 6. The molecule has 0 saturated carbocycles. The van der Waals surface area contributed by atoms with Gasteiger partial charge in [-0.3, -0.25) is 10.1 Å². The van der Waals surface area contributed by atoms with Crippen LogP contribution < -0.4 is 10.6 Å². The Morgan fingerprint density at radius 3 is 2.39 bits per heavy atom. The van der Waals surface area contributed by atoms with Crippen LogP contribution in [0.1, 0.15) is 31.4 Å². The van der Waals surface area contributed by atoms with Crippen LogP contribution in [0.4, 0.5) is 17.5 Å². The van der Waals surface area contributed by atoms with Gasteiger partial charge in [0, 0.05) is 13.1 Å². The largest absolute Gasteiger partial charge is 0.368 e. The summed E-state index contributed by atoms with van der Waals surface area (Å²) < 4.78 is 0. The molecule has 1 aromatic rings. The van der Waals surface area contributed by atoms with Crippen LogP contribution >= 0.6 is 0 Å². The highest BCUT2D eigenvalue weighted by Gasteiger charge is 2.26. The van der Waals surface area contributed by atoms with Gasteiger partial charge in [-0.2, -0.15) is 4.98 Å². The smallest absolute Gasteiger partial charge is 0.332 e. The molecular weight excluding hydrogens is 234 g/mol. The monoisotopic (exact) mass is 251 g/mol. The predicted molar refractivity (Wildman–Crippen MR) is 68.5 cm³/mol. The van der Waals surface area contributed by atoms with E-state index in [9.17, 15) is 10.1 Å². The second-order valence-corrected chi connectivity index (χ2v) is 4.50. The van der Waals surface area contributed by atoms with Gasteiger partial charge in [-0.15, -0.1) is 0 Å². The summed E-state index contributed by atoms with van der Waals surface area (Å²) in [6.07, 6.45) is 4.37. The van der Waals surface area contributed by atoms with Gasteiger partial charge in [-0.1, -0.05) is 12.8 Å². The standard InChI is InChI=1S/C11H17N5O2/c1-8-9(16(17)18)10(14-11(12)13-8)15-6-4-2-3-5-7-15/h2-7H2,1H3,(H2,12,13,14). The lowest BCUT2D eigenvalue weighted by Crippen LogP contribution is -2.26. The van der Waals surface area contributed by atoms with Gasteiger partial charge in [-0.25, -0.2) is 4.98 Å². The summed E-state index contributed by atoms with van der Waals surface area (Å²) in [4.78, 5) is 20.6. The van der Waals surface area contributed by atoms with E-state index < -0.39 is 4.92 Å². The van der Waals surface area contributed by atoms with Crippen LogP contribution in [0.25, 0.3) is 0 Å². The highest BCUT2D eigenvalue weighted by atomic mass is 16.6. The van der Waals surface area contributed by atoms with Crippen molar-refractivity contribution < 1.29 is 4.92 Å². The Bertz CT molecular complexity index is 455. The normalized spacial score (nSPS) is 16.4. The van der Waals surface area contributed by atoms with Gasteiger partial charge in [0.25, 0.3) is 0 Å². The minimum Gasteiger partial charge on any atom is -0.368 e. The Morgan fingerprint density at radius 2 is 1.83 bits per heavy atom. The van der Waals surface area contributed by atoms with E-state index in [2.05, 4.69) is 9.97 Å². The molecule has 0 bridgehead atoms. The first-order chi connectivity index (χ1) is 8.59. The van der Waals surface area contributed by atoms with Crippen LogP contribution in [-0.2, 0) is 0 Å². The molecule has 1 aromatic heterocycles. The summed E-state index contributed by atoms with van der Waals surface area (Å²) in [5.41, 5.74) is 5.91. The Morgan fingerprint density at radius 1 is 1.22 bits per heavy atom. The zero-order valence-corrected chi connectivity index (χ0v) is 10.4. The van der Waals surface area contributed by atoms with E-state index in [4.69, 9.17) is 5.73 Å². The van der Waals surface area contributed by atoms with Crippen LogP contribution in [0.3, 0.4) is 0 Å². The molecule has 1 saturated heterocycles. The van der Waals surface area contributed by atoms with Crippen molar-refractivity contribution in [2.24, 2.45) is 0 Å². The second-order valence-electron chi connectivity index (χ2n) is 4.50. The first-order valence-electron chi connectivity index (χ1n) is 6.13. The molecule has 0 radical (unpaired) electrons. The maximum atomic E-state index is 11.1. The third-order valence-corrected chi connectivity index (χ3v) is 3.15. The maximum absolute atomic E-state index is 11.1.